The topological polar surface area (TPSA) is 190 Å². The van der Waals surface area contributed by atoms with Crippen molar-refractivity contribution < 1.29 is 29.7 Å². The average molecular weight is 315 g/mol. The lowest BCUT2D eigenvalue weighted by atomic mass is 10.2. The third kappa shape index (κ3) is 17.4. The molecule has 0 aliphatic heterocycles. The summed E-state index contributed by atoms with van der Waals surface area (Å²) in [6.45, 7) is 0.140. The van der Waals surface area contributed by atoms with Gasteiger partial charge in [-0.25, -0.2) is 4.79 Å². The molecule has 2 amide bonds. The molecule has 0 saturated carbocycles. The van der Waals surface area contributed by atoms with E-state index in [1.54, 1.807) is 0 Å². The highest BCUT2D eigenvalue weighted by Gasteiger charge is 2.12. The Morgan fingerprint density at radius 2 is 1.50 bits per heavy atom. The summed E-state index contributed by atoms with van der Waals surface area (Å²) in [5.74, 6) is -2.20. The van der Waals surface area contributed by atoms with Gasteiger partial charge in [-0.15, -0.1) is 0 Å². The van der Waals surface area contributed by atoms with E-state index < -0.39 is 24.0 Å². The number of benzene rings is 1. The number of carbonyl (C=O) groups excluding carboxylic acids is 1. The minimum absolute atomic E-state index is 0.0231. The number of carbonyl (C=O) groups is 3. The zero-order valence-corrected chi connectivity index (χ0v) is 11.9. The van der Waals surface area contributed by atoms with E-state index in [1.807, 2.05) is 30.3 Å². The first kappa shape index (κ1) is 21.6. The number of amides is 2. The first-order valence-corrected chi connectivity index (χ1v) is 6.10. The average Bonchev–Trinajstić information content (AvgIpc) is 2.45. The summed E-state index contributed by atoms with van der Waals surface area (Å²) in [7, 11) is 0. The maximum atomic E-state index is 9.99. The van der Waals surface area contributed by atoms with Crippen LogP contribution in [0.5, 0.6) is 0 Å². The van der Waals surface area contributed by atoms with Crippen molar-refractivity contribution in [3.63, 3.8) is 0 Å². The van der Waals surface area contributed by atoms with Gasteiger partial charge in [0.25, 0.3) is 0 Å². The van der Waals surface area contributed by atoms with E-state index in [0.29, 0.717) is 0 Å². The fourth-order valence-corrected chi connectivity index (χ4v) is 0.986. The minimum Gasteiger partial charge on any atom is -0.481 e. The van der Waals surface area contributed by atoms with Crippen LogP contribution in [0.4, 0.5) is 4.79 Å². The third-order valence-electron chi connectivity index (χ3n) is 2.01. The zero-order chi connectivity index (χ0) is 17.5. The lowest BCUT2D eigenvalue weighted by Gasteiger charge is -2.01. The number of aliphatic hydroxyl groups excluding tert-OH is 1. The summed E-state index contributed by atoms with van der Waals surface area (Å²) in [5, 5.41) is 24.8. The molecule has 0 aromatic heterocycles. The van der Waals surface area contributed by atoms with Gasteiger partial charge >= 0.3 is 18.0 Å². The molecule has 1 aromatic carbocycles. The zero-order valence-electron chi connectivity index (χ0n) is 11.9. The summed E-state index contributed by atoms with van der Waals surface area (Å²) in [6.07, 6.45) is -0.224. The number of carboxylic acid groups (broad SMARTS) is 2. The number of hydrogen-bond acceptors (Lipinski definition) is 5. The normalized spacial score (nSPS) is 10.1. The van der Waals surface area contributed by atoms with Crippen molar-refractivity contribution in [3.8, 4) is 0 Å². The molecule has 9 N–H and O–H groups in total. The van der Waals surface area contributed by atoms with Crippen LogP contribution >= 0.6 is 0 Å². The maximum Gasteiger partial charge on any atom is 0.320 e. The molecule has 0 spiro atoms. The number of aliphatic hydroxyl groups is 1. The summed E-state index contributed by atoms with van der Waals surface area (Å²) < 4.78 is 0. The Morgan fingerprint density at radius 3 is 1.77 bits per heavy atom. The third-order valence-corrected chi connectivity index (χ3v) is 2.01. The summed E-state index contributed by atoms with van der Waals surface area (Å²) in [5.41, 5.74) is 14.5. The largest absolute Gasteiger partial charge is 0.481 e. The molecule has 0 heterocycles. The van der Waals surface area contributed by atoms with Crippen LogP contribution in [0, 0.1) is 0 Å². The molecule has 1 atom stereocenters. The molecular weight excluding hydrogens is 294 g/mol. The van der Waals surface area contributed by atoms with Crippen molar-refractivity contribution in [1.29, 1.82) is 0 Å². The van der Waals surface area contributed by atoms with Gasteiger partial charge in [-0.05, 0) is 12.0 Å². The Morgan fingerprint density at radius 1 is 1.05 bits per heavy atom. The summed E-state index contributed by atoms with van der Waals surface area (Å²) in [4.78, 5) is 28.9. The van der Waals surface area contributed by atoms with Crippen LogP contribution in [0.2, 0.25) is 0 Å². The van der Waals surface area contributed by atoms with Crippen molar-refractivity contribution in [3.05, 3.63) is 35.9 Å². The first-order chi connectivity index (χ1) is 10.2. The second-order valence-electron chi connectivity index (χ2n) is 3.92. The van der Waals surface area contributed by atoms with Crippen molar-refractivity contribution in [1.82, 2.24) is 0 Å². The van der Waals surface area contributed by atoms with Crippen LogP contribution in [0.15, 0.2) is 30.3 Å². The standard InChI is InChI=1S/C7H8O.C5H9NO4.CH4N2O/c8-6-7-4-2-1-3-5-7;6-3(5(9)10)1-2-4(7)8;2-1(3)4/h1-5,8H,6H2;3H,1-2,6H2,(H,7,8)(H,9,10);(H4,2,3,4)/t;3-;/m.0./s1. The fourth-order valence-electron chi connectivity index (χ4n) is 0.986. The van der Waals surface area contributed by atoms with Gasteiger partial charge in [0.2, 0.25) is 0 Å². The Hall–Kier alpha value is -2.65. The molecule has 0 fully saturated rings. The minimum atomic E-state index is -1.17. The highest BCUT2D eigenvalue weighted by atomic mass is 16.4. The van der Waals surface area contributed by atoms with Gasteiger partial charge in [-0.2, -0.15) is 0 Å². The predicted molar refractivity (Wildman–Crippen MR) is 78.6 cm³/mol. The Kier molecular flexibility index (Phi) is 13.1. The second kappa shape index (κ2) is 13.3. The van der Waals surface area contributed by atoms with E-state index in [2.05, 4.69) is 11.5 Å². The highest BCUT2D eigenvalue weighted by Crippen LogP contribution is 1.95. The number of carboxylic acids is 2. The molecule has 0 aliphatic carbocycles. The molecule has 124 valence electrons. The van der Waals surface area contributed by atoms with Gasteiger partial charge in [-0.1, -0.05) is 30.3 Å². The molecule has 0 saturated heterocycles. The van der Waals surface area contributed by atoms with Gasteiger partial charge in [0, 0.05) is 6.42 Å². The Labute approximate surface area is 127 Å². The van der Waals surface area contributed by atoms with E-state index in [4.69, 9.17) is 25.8 Å². The number of aliphatic carboxylic acids is 2. The van der Waals surface area contributed by atoms with Crippen molar-refractivity contribution in [2.24, 2.45) is 17.2 Å². The van der Waals surface area contributed by atoms with E-state index >= 15 is 0 Å². The number of urea groups is 1. The van der Waals surface area contributed by atoms with Crippen molar-refractivity contribution >= 4 is 18.0 Å². The van der Waals surface area contributed by atoms with Crippen LogP contribution in [-0.2, 0) is 16.2 Å². The molecule has 0 aliphatic rings. The van der Waals surface area contributed by atoms with Gasteiger partial charge < -0.3 is 32.5 Å². The Balaban J connectivity index is 0. The van der Waals surface area contributed by atoms with Gasteiger partial charge in [-0.3, -0.25) is 9.59 Å². The number of nitrogens with two attached hydrogens (primary N) is 3. The lowest BCUT2D eigenvalue weighted by Crippen LogP contribution is -2.30. The van der Waals surface area contributed by atoms with Crippen molar-refractivity contribution in [2.45, 2.75) is 25.5 Å². The van der Waals surface area contributed by atoms with Gasteiger partial charge in [0.1, 0.15) is 6.04 Å². The molecular formula is C13H21N3O6. The Bertz CT molecular complexity index is 448. The molecule has 0 bridgehead atoms. The van der Waals surface area contributed by atoms with Gasteiger partial charge in [0.05, 0.1) is 6.61 Å². The van der Waals surface area contributed by atoms with E-state index in [1.165, 1.54) is 0 Å². The molecule has 9 nitrogen and oxygen atoms in total. The lowest BCUT2D eigenvalue weighted by molar-refractivity contribution is -0.139. The molecule has 1 aromatic rings. The summed E-state index contributed by atoms with van der Waals surface area (Å²) >= 11 is 0. The molecule has 9 heteroatoms. The smallest absolute Gasteiger partial charge is 0.320 e. The molecule has 0 radical (unpaired) electrons. The molecule has 1 rings (SSSR count). The first-order valence-electron chi connectivity index (χ1n) is 6.10. The van der Waals surface area contributed by atoms with Crippen LogP contribution in [0.1, 0.15) is 18.4 Å². The second-order valence-corrected chi connectivity index (χ2v) is 3.92. The number of hydrogen-bond donors (Lipinski definition) is 6. The van der Waals surface area contributed by atoms with E-state index in [0.717, 1.165) is 5.56 Å². The maximum absolute atomic E-state index is 9.99. The van der Waals surface area contributed by atoms with E-state index in [9.17, 15) is 9.59 Å². The number of rotatable bonds is 5. The van der Waals surface area contributed by atoms with Gasteiger partial charge in [0.15, 0.2) is 0 Å². The molecule has 0 unspecified atom stereocenters. The fraction of sp³-hybridized carbons (Fsp3) is 0.308. The summed E-state index contributed by atoms with van der Waals surface area (Å²) in [6, 6.07) is 7.63. The number of primary amides is 2. The molecule has 22 heavy (non-hydrogen) atoms. The van der Waals surface area contributed by atoms with E-state index in [-0.39, 0.29) is 19.4 Å². The van der Waals surface area contributed by atoms with Crippen LogP contribution < -0.4 is 17.2 Å². The predicted octanol–water partition coefficient (Wildman–Crippen LogP) is -0.534. The van der Waals surface area contributed by atoms with Crippen LogP contribution in [0.3, 0.4) is 0 Å². The monoisotopic (exact) mass is 315 g/mol. The van der Waals surface area contributed by atoms with Crippen LogP contribution in [-0.4, -0.2) is 39.3 Å². The SMILES string of the molecule is NC(N)=O.N[C@@H](CCC(=O)O)C(=O)O.OCc1ccccc1. The van der Waals surface area contributed by atoms with Crippen LogP contribution in [0.25, 0.3) is 0 Å². The highest BCUT2D eigenvalue weighted by molar-refractivity contribution is 5.74. The quantitative estimate of drug-likeness (QED) is 0.420. The van der Waals surface area contributed by atoms with Crippen molar-refractivity contribution in [2.75, 3.05) is 0 Å².